The maximum Gasteiger partial charge on any atom is 0.163 e. The molecule has 0 aliphatic rings. The average molecular weight is 267 g/mol. The van der Waals surface area contributed by atoms with Crippen LogP contribution in [-0.4, -0.2) is 20.4 Å². The summed E-state index contributed by atoms with van der Waals surface area (Å²) in [7, 11) is 0. The van der Waals surface area contributed by atoms with E-state index < -0.39 is 0 Å². The van der Waals surface area contributed by atoms with Gasteiger partial charge in [0, 0.05) is 0 Å². The summed E-state index contributed by atoms with van der Waals surface area (Å²) in [5, 5.41) is 43.0. The van der Waals surface area contributed by atoms with Gasteiger partial charge in [0.2, 0.25) is 0 Å². The molecule has 1 heterocycles. The first-order valence-corrected chi connectivity index (χ1v) is 5.45. The van der Waals surface area contributed by atoms with Crippen LogP contribution >= 0.6 is 0 Å². The standard InChI is InChI=1S/C13H9N5O2/c14-5-8(12-9(6-15)13(16)18-17-12)3-7-1-2-10(19)11(20)4-7/h1-4,19-20H,(H3,16,17,18)/b8-3+. The number of H-pyrrole nitrogens is 1. The van der Waals surface area contributed by atoms with Crippen molar-refractivity contribution in [3.8, 4) is 23.6 Å². The summed E-state index contributed by atoms with van der Waals surface area (Å²) >= 11 is 0. The van der Waals surface area contributed by atoms with E-state index in [1.54, 1.807) is 0 Å². The molecule has 7 heteroatoms. The highest BCUT2D eigenvalue weighted by Gasteiger charge is 2.14. The molecule has 0 radical (unpaired) electrons. The molecule has 1 aromatic carbocycles. The Labute approximate surface area is 113 Å². The molecule has 0 atom stereocenters. The fraction of sp³-hybridized carbons (Fsp3) is 0. The quantitative estimate of drug-likeness (QED) is 0.477. The minimum absolute atomic E-state index is 0.0113. The highest BCUT2D eigenvalue weighted by atomic mass is 16.3. The Bertz CT molecular complexity index is 777. The number of allylic oxidation sites excluding steroid dienone is 1. The Morgan fingerprint density at radius 2 is 2.05 bits per heavy atom. The van der Waals surface area contributed by atoms with Crippen molar-refractivity contribution in [2.24, 2.45) is 0 Å². The summed E-state index contributed by atoms with van der Waals surface area (Å²) in [6.45, 7) is 0. The van der Waals surface area contributed by atoms with Gasteiger partial charge < -0.3 is 15.9 Å². The third kappa shape index (κ3) is 2.24. The van der Waals surface area contributed by atoms with Gasteiger partial charge in [0.15, 0.2) is 17.3 Å². The molecule has 0 aliphatic heterocycles. The van der Waals surface area contributed by atoms with Gasteiger partial charge in [-0.2, -0.15) is 15.6 Å². The summed E-state index contributed by atoms with van der Waals surface area (Å²) in [6.07, 6.45) is 1.44. The van der Waals surface area contributed by atoms with Gasteiger partial charge in [-0.3, -0.25) is 5.10 Å². The summed E-state index contributed by atoms with van der Waals surface area (Å²) in [5.41, 5.74) is 6.42. The predicted molar refractivity (Wildman–Crippen MR) is 71.0 cm³/mol. The number of phenols is 2. The van der Waals surface area contributed by atoms with Crippen LogP contribution in [0.15, 0.2) is 18.2 Å². The molecular weight excluding hydrogens is 258 g/mol. The number of hydrogen-bond acceptors (Lipinski definition) is 6. The van der Waals surface area contributed by atoms with E-state index in [9.17, 15) is 10.2 Å². The maximum atomic E-state index is 9.41. The topological polar surface area (TPSA) is 143 Å². The Kier molecular flexibility index (Phi) is 3.28. The van der Waals surface area contributed by atoms with Crippen LogP contribution in [-0.2, 0) is 0 Å². The van der Waals surface area contributed by atoms with Crippen molar-refractivity contribution in [2.45, 2.75) is 0 Å². The monoisotopic (exact) mass is 267 g/mol. The van der Waals surface area contributed by atoms with Crippen LogP contribution in [0.2, 0.25) is 0 Å². The highest BCUT2D eigenvalue weighted by Crippen LogP contribution is 2.28. The lowest BCUT2D eigenvalue weighted by molar-refractivity contribution is 0.403. The molecule has 0 aliphatic carbocycles. The van der Waals surface area contributed by atoms with Gasteiger partial charge >= 0.3 is 0 Å². The lowest BCUT2D eigenvalue weighted by Crippen LogP contribution is -1.89. The van der Waals surface area contributed by atoms with Gasteiger partial charge in [-0.05, 0) is 23.8 Å². The molecule has 0 unspecified atom stereocenters. The number of rotatable bonds is 2. The number of nitriles is 2. The van der Waals surface area contributed by atoms with Crippen molar-refractivity contribution in [3.05, 3.63) is 35.0 Å². The number of nitrogens with one attached hydrogen (secondary N) is 1. The lowest BCUT2D eigenvalue weighted by Gasteiger charge is -2.00. The van der Waals surface area contributed by atoms with Gasteiger partial charge in [0.1, 0.15) is 17.7 Å². The molecule has 0 saturated heterocycles. The van der Waals surface area contributed by atoms with Crippen molar-refractivity contribution < 1.29 is 10.2 Å². The number of nitrogens with zero attached hydrogens (tertiary/aromatic N) is 3. The van der Waals surface area contributed by atoms with Crippen LogP contribution in [0.3, 0.4) is 0 Å². The molecule has 0 amide bonds. The van der Waals surface area contributed by atoms with Gasteiger partial charge in [-0.15, -0.1) is 0 Å². The minimum Gasteiger partial charge on any atom is -0.504 e. The number of aromatic amines is 1. The Hall–Kier alpha value is -3.45. The summed E-state index contributed by atoms with van der Waals surface area (Å²) in [6, 6.07) is 7.89. The Morgan fingerprint density at radius 3 is 2.65 bits per heavy atom. The van der Waals surface area contributed by atoms with E-state index in [0.29, 0.717) is 5.56 Å². The zero-order valence-corrected chi connectivity index (χ0v) is 10.1. The van der Waals surface area contributed by atoms with E-state index in [4.69, 9.17) is 16.3 Å². The molecule has 0 bridgehead atoms. The average Bonchev–Trinajstić information content (AvgIpc) is 2.81. The Morgan fingerprint density at radius 1 is 1.30 bits per heavy atom. The van der Waals surface area contributed by atoms with Crippen molar-refractivity contribution in [1.82, 2.24) is 10.2 Å². The van der Waals surface area contributed by atoms with Crippen LogP contribution in [0.4, 0.5) is 5.82 Å². The molecule has 5 N–H and O–H groups in total. The molecule has 0 fully saturated rings. The molecule has 0 spiro atoms. The van der Waals surface area contributed by atoms with E-state index in [-0.39, 0.29) is 34.1 Å². The smallest absolute Gasteiger partial charge is 0.163 e. The van der Waals surface area contributed by atoms with Crippen LogP contribution in [0, 0.1) is 22.7 Å². The third-order valence-electron chi connectivity index (χ3n) is 2.61. The van der Waals surface area contributed by atoms with Crippen molar-refractivity contribution in [3.63, 3.8) is 0 Å². The van der Waals surface area contributed by atoms with Gasteiger partial charge in [0.05, 0.1) is 11.3 Å². The summed E-state index contributed by atoms with van der Waals surface area (Å²) in [4.78, 5) is 0. The SMILES string of the molecule is N#C/C(=C\c1ccc(O)c(O)c1)c1[nH]nc(N)c1C#N. The first kappa shape index (κ1) is 13.0. The van der Waals surface area contributed by atoms with Crippen molar-refractivity contribution >= 4 is 17.5 Å². The number of nitrogens with two attached hydrogens (primary N) is 1. The highest BCUT2D eigenvalue weighted by molar-refractivity contribution is 5.91. The van der Waals surface area contributed by atoms with E-state index in [0.717, 1.165) is 0 Å². The third-order valence-corrected chi connectivity index (χ3v) is 2.61. The Balaban J connectivity index is 2.52. The van der Waals surface area contributed by atoms with Crippen LogP contribution < -0.4 is 5.73 Å². The second-order valence-electron chi connectivity index (χ2n) is 3.89. The fourth-order valence-corrected chi connectivity index (χ4v) is 1.62. The largest absolute Gasteiger partial charge is 0.504 e. The molecule has 2 rings (SSSR count). The van der Waals surface area contributed by atoms with E-state index in [1.807, 2.05) is 12.1 Å². The van der Waals surface area contributed by atoms with Crippen LogP contribution in [0.1, 0.15) is 16.8 Å². The number of benzene rings is 1. The minimum atomic E-state index is -0.305. The maximum absolute atomic E-state index is 9.41. The fourth-order valence-electron chi connectivity index (χ4n) is 1.62. The number of aromatic nitrogens is 2. The second kappa shape index (κ2) is 5.04. The zero-order chi connectivity index (χ0) is 14.7. The molecule has 0 saturated carbocycles. The van der Waals surface area contributed by atoms with Gasteiger partial charge in [-0.1, -0.05) is 6.07 Å². The van der Waals surface area contributed by atoms with E-state index in [2.05, 4.69) is 10.2 Å². The number of nitrogen functional groups attached to an aromatic ring is 1. The molecule has 1 aromatic heterocycles. The molecular formula is C13H9N5O2. The van der Waals surface area contributed by atoms with Crippen molar-refractivity contribution in [2.75, 3.05) is 5.73 Å². The van der Waals surface area contributed by atoms with Crippen LogP contribution in [0.5, 0.6) is 11.5 Å². The number of anilines is 1. The van der Waals surface area contributed by atoms with Gasteiger partial charge in [-0.25, -0.2) is 0 Å². The molecule has 2 aromatic rings. The lowest BCUT2D eigenvalue weighted by atomic mass is 10.1. The normalized spacial score (nSPS) is 10.8. The first-order valence-electron chi connectivity index (χ1n) is 5.45. The number of aromatic hydroxyl groups is 2. The zero-order valence-electron chi connectivity index (χ0n) is 10.1. The predicted octanol–water partition coefficient (Wildman–Crippen LogP) is 1.34. The van der Waals surface area contributed by atoms with Gasteiger partial charge in [0.25, 0.3) is 0 Å². The summed E-state index contributed by atoms with van der Waals surface area (Å²) in [5.74, 6) is -0.554. The number of phenolic OH excluding ortho intramolecular Hbond substituents is 2. The van der Waals surface area contributed by atoms with Crippen molar-refractivity contribution in [1.29, 1.82) is 10.5 Å². The molecule has 7 nitrogen and oxygen atoms in total. The number of hydrogen-bond donors (Lipinski definition) is 4. The van der Waals surface area contributed by atoms with Crippen LogP contribution in [0.25, 0.3) is 11.6 Å². The second-order valence-corrected chi connectivity index (χ2v) is 3.89. The van der Waals surface area contributed by atoms with E-state index >= 15 is 0 Å². The summed E-state index contributed by atoms with van der Waals surface area (Å²) < 4.78 is 0. The molecule has 98 valence electrons. The van der Waals surface area contributed by atoms with E-state index in [1.165, 1.54) is 24.3 Å². The molecule has 20 heavy (non-hydrogen) atoms. The first-order chi connectivity index (χ1) is 9.56.